The van der Waals surface area contributed by atoms with E-state index >= 15 is 0 Å². The number of hydrogen-bond acceptors (Lipinski definition) is 6. The molecule has 0 aromatic heterocycles. The molecule has 3 aliphatic heterocycles. The Morgan fingerprint density at radius 3 is 2.42 bits per heavy atom. The predicted molar refractivity (Wildman–Crippen MR) is 121 cm³/mol. The van der Waals surface area contributed by atoms with Gasteiger partial charge in [-0.1, -0.05) is 29.4 Å². The van der Waals surface area contributed by atoms with E-state index in [1.165, 1.54) is 11.0 Å². The zero-order valence-corrected chi connectivity index (χ0v) is 20.5. The van der Waals surface area contributed by atoms with E-state index in [0.29, 0.717) is 23.3 Å². The van der Waals surface area contributed by atoms with Gasteiger partial charge in [-0.15, -0.1) is 0 Å². The summed E-state index contributed by atoms with van der Waals surface area (Å²) in [4.78, 5) is 18.4. The van der Waals surface area contributed by atoms with Gasteiger partial charge in [0.2, 0.25) is 5.91 Å². The average molecular weight is 562 g/mol. The highest BCUT2D eigenvalue weighted by molar-refractivity contribution is 7.91. The number of oxime groups is 1. The highest BCUT2D eigenvalue weighted by Crippen LogP contribution is 2.50. The molecule has 3 aliphatic rings. The topological polar surface area (TPSA) is 85.3 Å². The van der Waals surface area contributed by atoms with Gasteiger partial charge < -0.3 is 14.5 Å². The van der Waals surface area contributed by atoms with Crippen LogP contribution in [0, 0.1) is 0 Å². The highest BCUT2D eigenvalue weighted by atomic mass is 32.2. The lowest BCUT2D eigenvalue weighted by atomic mass is 9.83. The van der Waals surface area contributed by atoms with E-state index in [1.54, 1.807) is 12.1 Å². The fourth-order valence-electron chi connectivity index (χ4n) is 4.96. The minimum Gasteiger partial charge on any atom is -0.374 e. The second-order valence-electron chi connectivity index (χ2n) is 9.68. The normalized spacial score (nSPS) is 22.6. The Bertz CT molecular complexity index is 1450. The molecular formula is C24H20F6N2O5S. The molecule has 38 heavy (non-hydrogen) atoms. The standard InChI is InChI=1S/C24H20F6N2O5S/c1-38(34,35)11-20(33)32-12-21(13-32)18-6-5-14(7-15(18)10-36-21)19-9-22(37-31-19,24(28,29)30)16-3-2-4-17(8-16)23(25,26)27/h2-8H,9-13H2,1H3/t22-/m1/s1. The van der Waals surface area contributed by atoms with Crippen molar-refractivity contribution in [3.63, 3.8) is 0 Å². The van der Waals surface area contributed by atoms with Gasteiger partial charge in [-0.2, -0.15) is 26.3 Å². The number of ether oxygens (including phenoxy) is 1. The Labute approximate surface area is 212 Å². The Morgan fingerprint density at radius 2 is 1.79 bits per heavy atom. The largest absolute Gasteiger partial charge is 0.435 e. The molecule has 0 radical (unpaired) electrons. The Morgan fingerprint density at radius 1 is 1.08 bits per heavy atom. The fourth-order valence-corrected chi connectivity index (χ4v) is 5.59. The number of fused-ring (bicyclic) bond motifs is 2. The molecule has 2 aromatic rings. The average Bonchev–Trinajstić information content (AvgIpc) is 3.39. The maximum Gasteiger partial charge on any atom is 0.435 e. The summed E-state index contributed by atoms with van der Waals surface area (Å²) >= 11 is 0. The first-order valence-electron chi connectivity index (χ1n) is 11.3. The third-order valence-corrected chi connectivity index (χ3v) is 7.68. The van der Waals surface area contributed by atoms with Crippen molar-refractivity contribution < 1.29 is 49.1 Å². The second kappa shape index (κ2) is 8.43. The van der Waals surface area contributed by atoms with Gasteiger partial charge in [0.05, 0.1) is 31.0 Å². The minimum atomic E-state index is -5.07. The summed E-state index contributed by atoms with van der Waals surface area (Å²) in [5.41, 5.74) is -4.34. The van der Waals surface area contributed by atoms with Gasteiger partial charge in [-0.3, -0.25) is 4.79 Å². The van der Waals surface area contributed by atoms with Gasteiger partial charge >= 0.3 is 12.4 Å². The maximum atomic E-state index is 14.2. The van der Waals surface area contributed by atoms with Crippen LogP contribution in [0.2, 0.25) is 0 Å². The summed E-state index contributed by atoms with van der Waals surface area (Å²) in [5.74, 6) is -1.18. The lowest BCUT2D eigenvalue weighted by Crippen LogP contribution is -2.62. The molecule has 0 N–H and O–H groups in total. The van der Waals surface area contributed by atoms with E-state index in [9.17, 15) is 39.6 Å². The van der Waals surface area contributed by atoms with Crippen LogP contribution in [0.3, 0.4) is 0 Å². The molecule has 1 saturated heterocycles. The summed E-state index contributed by atoms with van der Waals surface area (Å²) < 4.78 is 111. The smallest absolute Gasteiger partial charge is 0.374 e. The second-order valence-corrected chi connectivity index (χ2v) is 11.8. The molecule has 14 heteroatoms. The molecule has 1 fully saturated rings. The Balaban J connectivity index is 1.38. The lowest BCUT2D eigenvalue weighted by molar-refractivity contribution is -0.276. The molecule has 0 bridgehead atoms. The summed E-state index contributed by atoms with van der Waals surface area (Å²) in [5, 5.41) is 3.62. The Hall–Kier alpha value is -3.13. The van der Waals surface area contributed by atoms with Crippen molar-refractivity contribution in [1.29, 1.82) is 0 Å². The first-order chi connectivity index (χ1) is 17.5. The first kappa shape index (κ1) is 26.5. The molecule has 204 valence electrons. The molecule has 1 spiro atoms. The van der Waals surface area contributed by atoms with Crippen molar-refractivity contribution in [2.24, 2.45) is 5.16 Å². The molecule has 1 amide bonds. The number of benzene rings is 2. The third-order valence-electron chi connectivity index (χ3n) is 6.91. The van der Waals surface area contributed by atoms with Crippen LogP contribution < -0.4 is 0 Å². The minimum absolute atomic E-state index is 0.0953. The number of sulfone groups is 1. The monoisotopic (exact) mass is 562 g/mol. The zero-order chi connectivity index (χ0) is 27.7. The van der Waals surface area contributed by atoms with Crippen LogP contribution in [-0.4, -0.2) is 56.2 Å². The number of nitrogens with zero attached hydrogens (tertiary/aromatic N) is 2. The maximum absolute atomic E-state index is 14.2. The number of carbonyl (C=O) groups is 1. The molecule has 1 atom stereocenters. The van der Waals surface area contributed by atoms with Crippen LogP contribution in [0.5, 0.6) is 0 Å². The van der Waals surface area contributed by atoms with Crippen LogP contribution >= 0.6 is 0 Å². The first-order valence-corrected chi connectivity index (χ1v) is 13.3. The van der Waals surface area contributed by atoms with Gasteiger partial charge in [0.1, 0.15) is 11.4 Å². The van der Waals surface area contributed by atoms with E-state index in [4.69, 9.17) is 9.57 Å². The van der Waals surface area contributed by atoms with Crippen LogP contribution in [0.1, 0.15) is 34.2 Å². The van der Waals surface area contributed by atoms with Crippen molar-refractivity contribution in [3.05, 3.63) is 70.3 Å². The number of amides is 1. The SMILES string of the molecule is CS(=O)(=O)CC(=O)N1CC2(C1)OCc1cc(C3=NO[C@](c4cccc(C(F)(F)F)c4)(C(F)(F)F)C3)ccc12. The van der Waals surface area contributed by atoms with Crippen molar-refractivity contribution in [1.82, 2.24) is 4.90 Å². The Kier molecular flexibility index (Phi) is 5.88. The van der Waals surface area contributed by atoms with Gasteiger partial charge in [-0.25, -0.2) is 8.42 Å². The fraction of sp³-hybridized carbons (Fsp3) is 0.417. The zero-order valence-electron chi connectivity index (χ0n) is 19.7. The van der Waals surface area contributed by atoms with Crippen LogP contribution in [0.15, 0.2) is 47.6 Å². The number of hydrogen-bond donors (Lipinski definition) is 0. The van der Waals surface area contributed by atoms with Crippen molar-refractivity contribution in [2.75, 3.05) is 25.1 Å². The third kappa shape index (κ3) is 4.42. The van der Waals surface area contributed by atoms with E-state index in [0.717, 1.165) is 18.4 Å². The van der Waals surface area contributed by atoms with Gasteiger partial charge in [0.25, 0.3) is 5.60 Å². The lowest BCUT2D eigenvalue weighted by Gasteiger charge is -2.47. The molecule has 0 unspecified atom stereocenters. The van der Waals surface area contributed by atoms with Gasteiger partial charge in [0, 0.05) is 18.2 Å². The number of alkyl halides is 6. The molecule has 0 saturated carbocycles. The van der Waals surface area contributed by atoms with Gasteiger partial charge in [0.15, 0.2) is 9.84 Å². The van der Waals surface area contributed by atoms with E-state index < -0.39 is 62.6 Å². The van der Waals surface area contributed by atoms with E-state index in [-0.39, 0.29) is 31.0 Å². The van der Waals surface area contributed by atoms with E-state index in [2.05, 4.69) is 5.16 Å². The molecule has 5 rings (SSSR count). The van der Waals surface area contributed by atoms with Crippen molar-refractivity contribution in [3.8, 4) is 0 Å². The highest BCUT2D eigenvalue weighted by Gasteiger charge is 2.62. The summed E-state index contributed by atoms with van der Waals surface area (Å²) in [6.07, 6.45) is -9.79. The molecular weight excluding hydrogens is 542 g/mol. The van der Waals surface area contributed by atoms with Crippen LogP contribution in [0.4, 0.5) is 26.3 Å². The number of rotatable bonds is 4. The van der Waals surface area contributed by atoms with Crippen molar-refractivity contribution in [2.45, 2.75) is 36.6 Å². The number of carbonyl (C=O) groups excluding carboxylic acids is 1. The van der Waals surface area contributed by atoms with Crippen LogP contribution in [-0.2, 0) is 48.2 Å². The molecule has 2 aromatic carbocycles. The quantitative estimate of drug-likeness (QED) is 0.528. The number of halogens is 6. The molecule has 0 aliphatic carbocycles. The summed E-state index contributed by atoms with van der Waals surface area (Å²) in [6, 6.07) is 7.63. The molecule has 3 heterocycles. The summed E-state index contributed by atoms with van der Waals surface area (Å²) in [6.45, 7) is 0.360. The predicted octanol–water partition coefficient (Wildman–Crippen LogP) is 3.90. The summed E-state index contributed by atoms with van der Waals surface area (Å²) in [7, 11) is -3.50. The van der Waals surface area contributed by atoms with E-state index in [1.807, 2.05) is 0 Å². The molecule has 7 nitrogen and oxygen atoms in total. The van der Waals surface area contributed by atoms with Gasteiger partial charge in [-0.05, 0) is 34.9 Å². The van der Waals surface area contributed by atoms with Crippen molar-refractivity contribution >= 4 is 21.5 Å². The van der Waals surface area contributed by atoms with Crippen LogP contribution in [0.25, 0.3) is 0 Å². The number of likely N-dealkylation sites (tertiary alicyclic amines) is 1.